The summed E-state index contributed by atoms with van der Waals surface area (Å²) < 4.78 is 1.08. The summed E-state index contributed by atoms with van der Waals surface area (Å²) in [6.07, 6.45) is 0. The first-order valence-electron chi connectivity index (χ1n) is 4.18. The normalized spacial score (nSPS) is 11.4. The second kappa shape index (κ2) is 3.34. The fraction of sp³-hybridized carbons (Fsp3) is 0.500. The minimum atomic E-state index is -1.31. The Balaban J connectivity index is 3.29. The molecule has 0 aliphatic rings. The van der Waals surface area contributed by atoms with Crippen LogP contribution in [-0.4, -0.2) is 37.1 Å². The highest BCUT2D eigenvalue weighted by Crippen LogP contribution is 2.17. The number of carboxylic acid groups (broad SMARTS) is 2. The van der Waals surface area contributed by atoms with Crippen molar-refractivity contribution in [2.45, 2.75) is 26.3 Å². The van der Waals surface area contributed by atoms with Gasteiger partial charge in [0.25, 0.3) is 0 Å². The number of nitrogens with zero attached hydrogens (tertiary/aromatic N) is 3. The molecule has 0 saturated carbocycles. The molecule has 0 aliphatic carbocycles. The van der Waals surface area contributed by atoms with E-state index >= 15 is 0 Å². The molecule has 0 saturated heterocycles. The average molecular weight is 213 g/mol. The molecule has 0 unspecified atom stereocenters. The smallest absolute Gasteiger partial charge is 0.358 e. The number of carboxylic acids is 2. The highest BCUT2D eigenvalue weighted by atomic mass is 16.4. The standard InChI is InChI=1S/C8H11N3O4/c1-4-5(6(12)13)9-10-11(4)8(2,3)7(14)15/h1-3H3,(H,12,13)(H,14,15). The van der Waals surface area contributed by atoms with Gasteiger partial charge in [-0.3, -0.25) is 0 Å². The molecule has 0 bridgehead atoms. The van der Waals surface area contributed by atoms with Gasteiger partial charge in [-0.2, -0.15) is 0 Å². The molecule has 7 heteroatoms. The summed E-state index contributed by atoms with van der Waals surface area (Å²) in [5.74, 6) is -2.33. The van der Waals surface area contributed by atoms with E-state index in [-0.39, 0.29) is 11.4 Å². The fourth-order valence-corrected chi connectivity index (χ4v) is 1.15. The first-order chi connectivity index (χ1) is 6.78. The van der Waals surface area contributed by atoms with Crippen LogP contribution in [0.4, 0.5) is 0 Å². The molecule has 2 N–H and O–H groups in total. The highest BCUT2D eigenvalue weighted by Gasteiger charge is 2.33. The van der Waals surface area contributed by atoms with E-state index in [1.807, 2.05) is 0 Å². The van der Waals surface area contributed by atoms with Gasteiger partial charge in [0.1, 0.15) is 0 Å². The number of rotatable bonds is 3. The molecule has 82 valence electrons. The Morgan fingerprint density at radius 1 is 1.33 bits per heavy atom. The molecule has 0 aromatic carbocycles. The zero-order valence-electron chi connectivity index (χ0n) is 8.55. The topological polar surface area (TPSA) is 105 Å². The van der Waals surface area contributed by atoms with E-state index in [0.717, 1.165) is 4.68 Å². The van der Waals surface area contributed by atoms with Gasteiger partial charge in [0, 0.05) is 0 Å². The van der Waals surface area contributed by atoms with Crippen LogP contribution in [0.3, 0.4) is 0 Å². The van der Waals surface area contributed by atoms with E-state index in [9.17, 15) is 9.59 Å². The van der Waals surface area contributed by atoms with Gasteiger partial charge in [-0.1, -0.05) is 5.21 Å². The molecule has 1 aromatic rings. The van der Waals surface area contributed by atoms with E-state index in [1.54, 1.807) is 0 Å². The van der Waals surface area contributed by atoms with E-state index in [0.29, 0.717) is 0 Å². The molecule has 1 aromatic heterocycles. The molecular weight excluding hydrogens is 202 g/mol. The Labute approximate surface area is 85.3 Å². The third-order valence-corrected chi connectivity index (χ3v) is 2.15. The van der Waals surface area contributed by atoms with Gasteiger partial charge in [0.05, 0.1) is 5.69 Å². The molecule has 1 rings (SSSR count). The lowest BCUT2D eigenvalue weighted by atomic mass is 10.1. The Morgan fingerprint density at radius 3 is 2.20 bits per heavy atom. The first kappa shape index (κ1) is 11.2. The molecule has 0 amide bonds. The molecule has 0 aliphatic heterocycles. The predicted molar refractivity (Wildman–Crippen MR) is 48.7 cm³/mol. The zero-order valence-corrected chi connectivity index (χ0v) is 8.55. The van der Waals surface area contributed by atoms with Gasteiger partial charge in [-0.05, 0) is 20.8 Å². The lowest BCUT2D eigenvalue weighted by molar-refractivity contribution is -0.146. The summed E-state index contributed by atoms with van der Waals surface area (Å²) in [5.41, 5.74) is -1.33. The van der Waals surface area contributed by atoms with E-state index in [4.69, 9.17) is 10.2 Å². The molecule has 0 radical (unpaired) electrons. The summed E-state index contributed by atoms with van der Waals surface area (Å²) in [5, 5.41) is 24.6. The van der Waals surface area contributed by atoms with Gasteiger partial charge >= 0.3 is 11.9 Å². The maximum atomic E-state index is 10.9. The third kappa shape index (κ3) is 1.67. The second-order valence-electron chi connectivity index (χ2n) is 3.60. The Hall–Kier alpha value is -1.92. The van der Waals surface area contributed by atoms with Crippen molar-refractivity contribution in [2.24, 2.45) is 0 Å². The van der Waals surface area contributed by atoms with Crippen molar-refractivity contribution in [3.63, 3.8) is 0 Å². The van der Waals surface area contributed by atoms with Crippen LogP contribution < -0.4 is 0 Å². The van der Waals surface area contributed by atoms with E-state index in [2.05, 4.69) is 10.3 Å². The summed E-state index contributed by atoms with van der Waals surface area (Å²) in [6.45, 7) is 4.30. The fourth-order valence-electron chi connectivity index (χ4n) is 1.15. The van der Waals surface area contributed by atoms with Crippen LogP contribution in [0.25, 0.3) is 0 Å². The average Bonchev–Trinajstić information content (AvgIpc) is 2.46. The van der Waals surface area contributed by atoms with Crippen LogP contribution in [0.5, 0.6) is 0 Å². The molecule has 0 fully saturated rings. The number of carbonyl (C=O) groups is 2. The van der Waals surface area contributed by atoms with Crippen LogP contribution in [0.2, 0.25) is 0 Å². The van der Waals surface area contributed by atoms with Crippen molar-refractivity contribution < 1.29 is 19.8 Å². The number of hydrogen-bond acceptors (Lipinski definition) is 4. The zero-order chi connectivity index (χ0) is 11.8. The van der Waals surface area contributed by atoms with Gasteiger partial charge in [-0.25, -0.2) is 14.3 Å². The van der Waals surface area contributed by atoms with Gasteiger partial charge in [-0.15, -0.1) is 5.10 Å². The van der Waals surface area contributed by atoms with Crippen LogP contribution in [0.1, 0.15) is 30.0 Å². The Kier molecular flexibility index (Phi) is 2.48. The molecule has 1 heterocycles. The number of aliphatic carboxylic acids is 1. The number of aromatic nitrogens is 3. The molecular formula is C8H11N3O4. The quantitative estimate of drug-likeness (QED) is 0.737. The monoisotopic (exact) mass is 213 g/mol. The van der Waals surface area contributed by atoms with Crippen molar-refractivity contribution in [1.29, 1.82) is 0 Å². The maximum Gasteiger partial charge on any atom is 0.358 e. The van der Waals surface area contributed by atoms with Gasteiger partial charge in [0.2, 0.25) is 0 Å². The van der Waals surface area contributed by atoms with Gasteiger partial charge < -0.3 is 10.2 Å². The van der Waals surface area contributed by atoms with E-state index < -0.39 is 17.5 Å². The minimum absolute atomic E-state index is 0.218. The molecule has 0 spiro atoms. The van der Waals surface area contributed by atoms with Crippen LogP contribution in [0, 0.1) is 6.92 Å². The summed E-state index contributed by atoms with van der Waals surface area (Å²) in [4.78, 5) is 21.6. The lowest BCUT2D eigenvalue weighted by Gasteiger charge is -2.20. The van der Waals surface area contributed by atoms with E-state index in [1.165, 1.54) is 20.8 Å². The van der Waals surface area contributed by atoms with Crippen molar-refractivity contribution in [1.82, 2.24) is 15.0 Å². The van der Waals surface area contributed by atoms with Gasteiger partial charge in [0.15, 0.2) is 11.2 Å². The largest absolute Gasteiger partial charge is 0.479 e. The minimum Gasteiger partial charge on any atom is -0.479 e. The highest BCUT2D eigenvalue weighted by molar-refractivity contribution is 5.86. The first-order valence-corrected chi connectivity index (χ1v) is 4.18. The number of aromatic carboxylic acids is 1. The van der Waals surface area contributed by atoms with Crippen LogP contribution in [0.15, 0.2) is 0 Å². The van der Waals surface area contributed by atoms with Crippen molar-refractivity contribution >= 4 is 11.9 Å². The van der Waals surface area contributed by atoms with Crippen molar-refractivity contribution in [2.75, 3.05) is 0 Å². The lowest BCUT2D eigenvalue weighted by Crippen LogP contribution is -2.37. The van der Waals surface area contributed by atoms with Crippen LogP contribution >= 0.6 is 0 Å². The third-order valence-electron chi connectivity index (χ3n) is 2.15. The Morgan fingerprint density at radius 2 is 1.87 bits per heavy atom. The second-order valence-corrected chi connectivity index (χ2v) is 3.60. The summed E-state index contributed by atoms with van der Waals surface area (Å²) in [6, 6.07) is 0. The number of hydrogen-bond donors (Lipinski definition) is 2. The van der Waals surface area contributed by atoms with Crippen LogP contribution in [-0.2, 0) is 10.3 Å². The Bertz CT molecular complexity index is 422. The maximum absolute atomic E-state index is 10.9. The molecule has 0 atom stereocenters. The predicted octanol–water partition coefficient (Wildman–Crippen LogP) is 0.104. The van der Waals surface area contributed by atoms with Crippen molar-refractivity contribution in [3.8, 4) is 0 Å². The van der Waals surface area contributed by atoms with Crippen molar-refractivity contribution in [3.05, 3.63) is 11.4 Å². The molecule has 15 heavy (non-hydrogen) atoms. The summed E-state index contributed by atoms with van der Waals surface area (Å²) in [7, 11) is 0. The summed E-state index contributed by atoms with van der Waals surface area (Å²) >= 11 is 0. The molecule has 7 nitrogen and oxygen atoms in total. The SMILES string of the molecule is Cc1c(C(=O)O)nnn1C(C)(C)C(=O)O.